The standard InChI is InChI=1S/C17H14BrN3O4/c1-3-24-14(22)11-7(2)20-15(23)17(11)10-6-8(18)4-5-9(10)12-13(17)21-16(19)25-12/h4-6H,3H2,1-2H3,(H2,19,21)(H,20,23)/t17-/m1/s1. The first-order valence-electron chi connectivity index (χ1n) is 7.68. The van der Waals surface area contributed by atoms with Gasteiger partial charge in [-0.05, 0) is 37.6 Å². The van der Waals surface area contributed by atoms with E-state index in [0.29, 0.717) is 28.3 Å². The largest absolute Gasteiger partial charge is 0.463 e. The van der Waals surface area contributed by atoms with Crippen LogP contribution in [0, 0.1) is 0 Å². The quantitative estimate of drug-likeness (QED) is 0.744. The maximum Gasteiger partial charge on any atom is 0.337 e. The van der Waals surface area contributed by atoms with Gasteiger partial charge in [-0.25, -0.2) is 4.79 Å². The molecule has 1 aromatic carbocycles. The van der Waals surface area contributed by atoms with E-state index < -0.39 is 11.4 Å². The highest BCUT2D eigenvalue weighted by Crippen LogP contribution is 2.56. The van der Waals surface area contributed by atoms with Gasteiger partial charge in [0.25, 0.3) is 6.01 Å². The first kappa shape index (κ1) is 15.9. The molecule has 1 spiro atoms. The number of fused-ring (bicyclic) bond motifs is 5. The van der Waals surface area contributed by atoms with E-state index >= 15 is 0 Å². The fourth-order valence-electron chi connectivity index (χ4n) is 3.64. The van der Waals surface area contributed by atoms with Gasteiger partial charge in [-0.2, -0.15) is 4.98 Å². The molecule has 1 amide bonds. The van der Waals surface area contributed by atoms with Gasteiger partial charge in [-0.3, -0.25) is 4.79 Å². The number of oxazole rings is 1. The van der Waals surface area contributed by atoms with Crippen molar-refractivity contribution in [2.45, 2.75) is 19.3 Å². The van der Waals surface area contributed by atoms with Crippen molar-refractivity contribution in [1.82, 2.24) is 10.3 Å². The Balaban J connectivity index is 2.10. The van der Waals surface area contributed by atoms with Crippen LogP contribution in [0.5, 0.6) is 0 Å². The molecule has 0 fully saturated rings. The van der Waals surface area contributed by atoms with Crippen LogP contribution in [0.3, 0.4) is 0 Å². The predicted octanol–water partition coefficient (Wildman–Crippen LogP) is 2.25. The lowest BCUT2D eigenvalue weighted by Crippen LogP contribution is -2.40. The number of halogens is 1. The molecule has 7 nitrogen and oxygen atoms in total. The van der Waals surface area contributed by atoms with Gasteiger partial charge in [0.05, 0.1) is 12.2 Å². The summed E-state index contributed by atoms with van der Waals surface area (Å²) in [7, 11) is 0. The molecular weight excluding hydrogens is 390 g/mol. The zero-order chi connectivity index (χ0) is 17.9. The molecule has 0 bridgehead atoms. The molecule has 0 saturated carbocycles. The number of aromatic nitrogens is 1. The van der Waals surface area contributed by atoms with E-state index in [9.17, 15) is 9.59 Å². The summed E-state index contributed by atoms with van der Waals surface area (Å²) < 4.78 is 11.5. The summed E-state index contributed by atoms with van der Waals surface area (Å²) in [5, 5.41) is 2.75. The van der Waals surface area contributed by atoms with E-state index in [-0.39, 0.29) is 24.1 Å². The molecule has 0 radical (unpaired) electrons. The molecular formula is C17H14BrN3O4. The number of nitrogens with two attached hydrogens (primary N) is 1. The lowest BCUT2D eigenvalue weighted by atomic mass is 9.75. The van der Waals surface area contributed by atoms with E-state index in [4.69, 9.17) is 14.9 Å². The minimum Gasteiger partial charge on any atom is -0.463 e. The number of esters is 1. The Hall–Kier alpha value is -2.61. The first-order valence-corrected chi connectivity index (χ1v) is 8.47. The Morgan fingerprint density at radius 3 is 2.96 bits per heavy atom. The second kappa shape index (κ2) is 5.19. The summed E-state index contributed by atoms with van der Waals surface area (Å²) in [6, 6.07) is 5.37. The summed E-state index contributed by atoms with van der Waals surface area (Å²) in [6.07, 6.45) is 0. The third-order valence-corrected chi connectivity index (χ3v) is 4.99. The lowest BCUT2D eigenvalue weighted by molar-refractivity contribution is -0.140. The van der Waals surface area contributed by atoms with Crippen molar-refractivity contribution in [2.24, 2.45) is 0 Å². The third-order valence-electron chi connectivity index (χ3n) is 4.50. The van der Waals surface area contributed by atoms with Crippen LogP contribution in [0.15, 0.2) is 38.4 Å². The highest BCUT2D eigenvalue weighted by molar-refractivity contribution is 9.10. The monoisotopic (exact) mass is 403 g/mol. The highest BCUT2D eigenvalue weighted by Gasteiger charge is 2.61. The second-order valence-corrected chi connectivity index (χ2v) is 6.76. The van der Waals surface area contributed by atoms with Gasteiger partial charge in [-0.15, -0.1) is 0 Å². The van der Waals surface area contributed by atoms with Crippen molar-refractivity contribution in [3.05, 3.63) is 45.2 Å². The molecule has 128 valence electrons. The van der Waals surface area contributed by atoms with E-state index in [1.165, 1.54) is 0 Å². The van der Waals surface area contributed by atoms with E-state index in [0.717, 1.165) is 4.47 Å². The van der Waals surface area contributed by atoms with E-state index in [2.05, 4.69) is 26.2 Å². The van der Waals surface area contributed by atoms with Gasteiger partial charge in [-0.1, -0.05) is 15.9 Å². The number of amides is 1. The van der Waals surface area contributed by atoms with Crippen molar-refractivity contribution in [3.8, 4) is 11.3 Å². The molecule has 1 atom stereocenters. The normalized spacial score (nSPS) is 20.7. The number of hydrogen-bond donors (Lipinski definition) is 2. The average Bonchev–Trinajstić information content (AvgIpc) is 3.12. The average molecular weight is 404 g/mol. The zero-order valence-corrected chi connectivity index (χ0v) is 15.1. The molecule has 3 N–H and O–H groups in total. The molecule has 25 heavy (non-hydrogen) atoms. The molecule has 0 unspecified atom stereocenters. The number of ether oxygens (including phenoxy) is 1. The summed E-state index contributed by atoms with van der Waals surface area (Å²) >= 11 is 3.43. The maximum absolute atomic E-state index is 13.1. The van der Waals surface area contributed by atoms with Crippen LogP contribution in [-0.4, -0.2) is 23.5 Å². The van der Waals surface area contributed by atoms with Gasteiger partial charge in [0, 0.05) is 15.7 Å². The minimum absolute atomic E-state index is 0.0569. The molecule has 1 aliphatic carbocycles. The van der Waals surface area contributed by atoms with Crippen LogP contribution in [0.2, 0.25) is 0 Å². The summed E-state index contributed by atoms with van der Waals surface area (Å²) in [5.74, 6) is -0.551. The topological polar surface area (TPSA) is 107 Å². The molecule has 2 aliphatic rings. The van der Waals surface area contributed by atoms with Crippen molar-refractivity contribution < 1.29 is 18.7 Å². The summed E-state index contributed by atoms with van der Waals surface area (Å²) in [5.41, 5.74) is 6.56. The van der Waals surface area contributed by atoms with Crippen LogP contribution >= 0.6 is 15.9 Å². The van der Waals surface area contributed by atoms with Gasteiger partial charge < -0.3 is 20.2 Å². The number of rotatable bonds is 2. The van der Waals surface area contributed by atoms with Gasteiger partial charge in [0.15, 0.2) is 11.2 Å². The Morgan fingerprint density at radius 1 is 1.48 bits per heavy atom. The summed E-state index contributed by atoms with van der Waals surface area (Å²) in [4.78, 5) is 30.0. The minimum atomic E-state index is -1.42. The molecule has 1 aliphatic heterocycles. The number of nitrogen functional groups attached to an aromatic ring is 1. The Bertz CT molecular complexity index is 978. The smallest absolute Gasteiger partial charge is 0.337 e. The van der Waals surface area contributed by atoms with E-state index in [1.54, 1.807) is 26.0 Å². The summed E-state index contributed by atoms with van der Waals surface area (Å²) in [6.45, 7) is 3.57. The van der Waals surface area contributed by atoms with Crippen molar-refractivity contribution in [2.75, 3.05) is 12.3 Å². The van der Waals surface area contributed by atoms with Crippen LogP contribution < -0.4 is 11.1 Å². The molecule has 4 rings (SSSR count). The first-order chi connectivity index (χ1) is 11.9. The number of nitrogens with zero attached hydrogens (tertiary/aromatic N) is 1. The Morgan fingerprint density at radius 2 is 2.24 bits per heavy atom. The van der Waals surface area contributed by atoms with Gasteiger partial charge in [0.1, 0.15) is 5.69 Å². The predicted molar refractivity (Wildman–Crippen MR) is 92.3 cm³/mol. The number of carbonyl (C=O) groups is 2. The van der Waals surface area contributed by atoms with Crippen molar-refractivity contribution in [3.63, 3.8) is 0 Å². The molecule has 8 heteroatoms. The second-order valence-electron chi connectivity index (χ2n) is 5.84. The van der Waals surface area contributed by atoms with E-state index in [1.807, 2.05) is 6.07 Å². The fourth-order valence-corrected chi connectivity index (χ4v) is 4.00. The van der Waals surface area contributed by atoms with Crippen LogP contribution in [0.1, 0.15) is 25.1 Å². The number of nitrogens with one attached hydrogen (secondary N) is 1. The third kappa shape index (κ3) is 1.88. The number of allylic oxidation sites excluding steroid dienone is 1. The highest BCUT2D eigenvalue weighted by atomic mass is 79.9. The zero-order valence-electron chi connectivity index (χ0n) is 13.5. The van der Waals surface area contributed by atoms with Gasteiger partial charge in [0.2, 0.25) is 5.91 Å². The SMILES string of the molecule is CCOC(=O)C1=C(C)NC(=O)[C@]12c1cc(Br)ccc1-c1oc(N)nc12. The number of carbonyl (C=O) groups excluding carboxylic acids is 2. The number of hydrogen-bond acceptors (Lipinski definition) is 6. The molecule has 0 saturated heterocycles. The van der Waals surface area contributed by atoms with Crippen LogP contribution in [0.4, 0.5) is 6.01 Å². The molecule has 2 aromatic rings. The number of benzene rings is 1. The van der Waals surface area contributed by atoms with Crippen molar-refractivity contribution in [1.29, 1.82) is 0 Å². The van der Waals surface area contributed by atoms with Gasteiger partial charge >= 0.3 is 5.97 Å². The van der Waals surface area contributed by atoms with Crippen LogP contribution in [-0.2, 0) is 19.7 Å². The maximum atomic E-state index is 13.1. The Kier molecular flexibility index (Phi) is 3.30. The van der Waals surface area contributed by atoms with Crippen molar-refractivity contribution >= 4 is 33.8 Å². The lowest BCUT2D eigenvalue weighted by Gasteiger charge is -2.24. The molecule has 2 heterocycles. The van der Waals surface area contributed by atoms with Crippen LogP contribution in [0.25, 0.3) is 11.3 Å². The fraction of sp³-hybridized carbons (Fsp3) is 0.235. The molecule has 1 aromatic heterocycles. The Labute approximate surface area is 151 Å². The number of anilines is 1.